The van der Waals surface area contributed by atoms with Crippen molar-refractivity contribution in [3.63, 3.8) is 0 Å². The van der Waals surface area contributed by atoms with Crippen molar-refractivity contribution in [3.05, 3.63) is 29.8 Å². The average Bonchev–Trinajstić information content (AvgIpc) is 2.57. The molecule has 1 aromatic rings. The first-order chi connectivity index (χ1) is 11.5. The predicted molar refractivity (Wildman–Crippen MR) is 98.5 cm³/mol. The van der Waals surface area contributed by atoms with E-state index in [1.807, 2.05) is 0 Å². The summed E-state index contributed by atoms with van der Waals surface area (Å²) in [6.45, 7) is 8.14. The van der Waals surface area contributed by atoms with Gasteiger partial charge in [0, 0.05) is 31.9 Å². The number of hydrogen-bond donors (Lipinski definition) is 2. The Morgan fingerprint density at radius 1 is 1.08 bits per heavy atom. The van der Waals surface area contributed by atoms with Crippen molar-refractivity contribution in [2.24, 2.45) is 0 Å². The van der Waals surface area contributed by atoms with Crippen molar-refractivity contribution < 1.29 is 9.59 Å². The third-order valence-electron chi connectivity index (χ3n) is 3.85. The highest BCUT2D eigenvalue weighted by Gasteiger charge is 2.09. The summed E-state index contributed by atoms with van der Waals surface area (Å²) in [6.07, 6.45) is 2.01. The van der Waals surface area contributed by atoms with Gasteiger partial charge in [-0.15, -0.1) is 0 Å². The predicted octanol–water partition coefficient (Wildman–Crippen LogP) is 2.63. The van der Waals surface area contributed by atoms with Gasteiger partial charge in [-0.2, -0.15) is 0 Å². The van der Waals surface area contributed by atoms with Crippen molar-refractivity contribution in [3.8, 4) is 0 Å². The van der Waals surface area contributed by atoms with Crippen LogP contribution in [0.15, 0.2) is 24.3 Å². The van der Waals surface area contributed by atoms with Gasteiger partial charge in [0.2, 0.25) is 0 Å². The lowest BCUT2D eigenvalue weighted by molar-refractivity contribution is 0.0827. The number of anilines is 1. The molecule has 3 amide bonds. The molecule has 1 aromatic carbocycles. The van der Waals surface area contributed by atoms with Crippen LogP contribution in [-0.2, 0) is 0 Å². The summed E-state index contributed by atoms with van der Waals surface area (Å²) in [5.41, 5.74) is 1.17. The van der Waals surface area contributed by atoms with Crippen molar-refractivity contribution in [1.82, 2.24) is 15.1 Å². The summed E-state index contributed by atoms with van der Waals surface area (Å²) < 4.78 is 0. The summed E-state index contributed by atoms with van der Waals surface area (Å²) >= 11 is 0. The van der Waals surface area contributed by atoms with Crippen LogP contribution in [0, 0.1) is 0 Å². The Labute approximate surface area is 145 Å². The Morgan fingerprint density at radius 2 is 1.79 bits per heavy atom. The van der Waals surface area contributed by atoms with Crippen LogP contribution in [0.3, 0.4) is 0 Å². The highest BCUT2D eigenvalue weighted by molar-refractivity contribution is 5.96. The zero-order valence-corrected chi connectivity index (χ0v) is 15.3. The van der Waals surface area contributed by atoms with E-state index in [0.29, 0.717) is 17.8 Å². The minimum absolute atomic E-state index is 0.0875. The van der Waals surface area contributed by atoms with Gasteiger partial charge in [0.25, 0.3) is 5.91 Å². The lowest BCUT2D eigenvalue weighted by Gasteiger charge is -2.17. The van der Waals surface area contributed by atoms with E-state index in [4.69, 9.17) is 0 Å². The Bertz CT molecular complexity index is 528. The van der Waals surface area contributed by atoms with Gasteiger partial charge in [0.05, 0.1) is 0 Å². The molecule has 0 saturated heterocycles. The Kier molecular flexibility index (Phi) is 8.86. The van der Waals surface area contributed by atoms with E-state index in [1.54, 1.807) is 38.4 Å². The van der Waals surface area contributed by atoms with Crippen LogP contribution in [0.1, 0.15) is 37.0 Å². The molecule has 0 aliphatic carbocycles. The number of rotatable bonds is 9. The topological polar surface area (TPSA) is 64.7 Å². The number of urea groups is 1. The molecule has 24 heavy (non-hydrogen) atoms. The first kappa shape index (κ1) is 20.0. The summed E-state index contributed by atoms with van der Waals surface area (Å²) in [6, 6.07) is 6.70. The molecule has 0 fully saturated rings. The number of nitrogens with zero attached hydrogens (tertiary/aromatic N) is 2. The zero-order valence-electron chi connectivity index (χ0n) is 15.3. The number of nitrogens with one attached hydrogen (secondary N) is 2. The standard InChI is InChI=1S/C18H30N4O2/c1-5-22(6-2)13-8-7-12-19-18(24)20-16-11-9-10-15(14-16)17(23)21(3)4/h9-11,14H,5-8,12-13H2,1-4H3,(H2,19,20,24). The minimum atomic E-state index is -0.243. The monoisotopic (exact) mass is 334 g/mol. The van der Waals surface area contributed by atoms with Crippen LogP contribution in [0.4, 0.5) is 10.5 Å². The van der Waals surface area contributed by atoms with E-state index in [2.05, 4.69) is 29.4 Å². The fourth-order valence-electron chi connectivity index (χ4n) is 2.37. The van der Waals surface area contributed by atoms with E-state index in [1.165, 1.54) is 4.90 Å². The van der Waals surface area contributed by atoms with Crippen LogP contribution in [0.25, 0.3) is 0 Å². The van der Waals surface area contributed by atoms with Crippen LogP contribution in [0.2, 0.25) is 0 Å². The molecule has 6 nitrogen and oxygen atoms in total. The highest BCUT2D eigenvalue weighted by Crippen LogP contribution is 2.11. The van der Waals surface area contributed by atoms with E-state index in [0.717, 1.165) is 32.5 Å². The van der Waals surface area contributed by atoms with E-state index >= 15 is 0 Å². The molecule has 0 heterocycles. The molecule has 2 N–H and O–H groups in total. The maximum absolute atomic E-state index is 11.9. The molecule has 0 aliphatic rings. The second-order valence-electron chi connectivity index (χ2n) is 5.90. The molecule has 0 bridgehead atoms. The molecule has 0 unspecified atom stereocenters. The number of hydrogen-bond acceptors (Lipinski definition) is 3. The largest absolute Gasteiger partial charge is 0.345 e. The van der Waals surface area contributed by atoms with Crippen molar-refractivity contribution in [2.45, 2.75) is 26.7 Å². The van der Waals surface area contributed by atoms with Crippen LogP contribution in [-0.4, -0.2) is 62.0 Å². The molecule has 0 atom stereocenters. The normalized spacial score (nSPS) is 10.5. The Balaban J connectivity index is 2.35. The number of unbranched alkanes of at least 4 members (excludes halogenated alkanes) is 1. The van der Waals surface area contributed by atoms with Gasteiger partial charge in [0.1, 0.15) is 0 Å². The fraction of sp³-hybridized carbons (Fsp3) is 0.556. The number of benzene rings is 1. The molecule has 0 spiro atoms. The molecular formula is C18H30N4O2. The van der Waals surface area contributed by atoms with Gasteiger partial charge < -0.3 is 20.4 Å². The van der Waals surface area contributed by atoms with E-state index < -0.39 is 0 Å². The molecule has 1 rings (SSSR count). The molecule has 6 heteroatoms. The average molecular weight is 334 g/mol. The van der Waals surface area contributed by atoms with Gasteiger partial charge in [-0.25, -0.2) is 4.79 Å². The molecule has 0 aromatic heterocycles. The third-order valence-corrected chi connectivity index (χ3v) is 3.85. The molecule has 0 aliphatic heterocycles. The number of carbonyl (C=O) groups is 2. The molecule has 0 saturated carbocycles. The lowest BCUT2D eigenvalue weighted by atomic mass is 10.2. The quantitative estimate of drug-likeness (QED) is 0.682. The molecular weight excluding hydrogens is 304 g/mol. The minimum Gasteiger partial charge on any atom is -0.345 e. The summed E-state index contributed by atoms with van der Waals surface area (Å²) in [5, 5.41) is 5.62. The van der Waals surface area contributed by atoms with Gasteiger partial charge in [-0.3, -0.25) is 4.79 Å². The summed E-state index contributed by atoms with van der Waals surface area (Å²) in [5.74, 6) is -0.0875. The van der Waals surface area contributed by atoms with Crippen molar-refractivity contribution >= 4 is 17.6 Å². The second kappa shape index (κ2) is 10.6. The summed E-state index contributed by atoms with van der Waals surface area (Å²) in [7, 11) is 3.40. The first-order valence-corrected chi connectivity index (χ1v) is 8.56. The maximum Gasteiger partial charge on any atom is 0.319 e. The van der Waals surface area contributed by atoms with Crippen LogP contribution in [0.5, 0.6) is 0 Å². The van der Waals surface area contributed by atoms with Crippen LogP contribution < -0.4 is 10.6 Å². The molecule has 0 radical (unpaired) electrons. The first-order valence-electron chi connectivity index (χ1n) is 8.56. The SMILES string of the molecule is CCN(CC)CCCCNC(=O)Nc1cccc(C(=O)N(C)C)c1. The number of amides is 3. The smallest absolute Gasteiger partial charge is 0.319 e. The highest BCUT2D eigenvalue weighted by atomic mass is 16.2. The van der Waals surface area contributed by atoms with E-state index in [-0.39, 0.29) is 11.9 Å². The number of carbonyl (C=O) groups excluding carboxylic acids is 2. The van der Waals surface area contributed by atoms with Gasteiger partial charge in [-0.1, -0.05) is 19.9 Å². The van der Waals surface area contributed by atoms with Gasteiger partial charge >= 0.3 is 6.03 Å². The maximum atomic E-state index is 11.9. The van der Waals surface area contributed by atoms with Crippen LogP contribution >= 0.6 is 0 Å². The Morgan fingerprint density at radius 3 is 2.42 bits per heavy atom. The third kappa shape index (κ3) is 7.00. The van der Waals surface area contributed by atoms with Gasteiger partial charge in [-0.05, 0) is 50.7 Å². The molecule has 134 valence electrons. The Hall–Kier alpha value is -2.08. The van der Waals surface area contributed by atoms with Crippen molar-refractivity contribution in [1.29, 1.82) is 0 Å². The summed E-state index contributed by atoms with van der Waals surface area (Å²) in [4.78, 5) is 27.7. The lowest BCUT2D eigenvalue weighted by Crippen LogP contribution is -2.30. The second-order valence-corrected chi connectivity index (χ2v) is 5.90. The van der Waals surface area contributed by atoms with Crippen molar-refractivity contribution in [2.75, 3.05) is 45.6 Å². The zero-order chi connectivity index (χ0) is 17.9. The van der Waals surface area contributed by atoms with E-state index in [9.17, 15) is 9.59 Å². The fourth-order valence-corrected chi connectivity index (χ4v) is 2.37. The van der Waals surface area contributed by atoms with Gasteiger partial charge in [0.15, 0.2) is 0 Å².